The fourth-order valence-electron chi connectivity index (χ4n) is 7.23. The first kappa shape index (κ1) is 49.3. The highest BCUT2D eigenvalue weighted by Gasteiger charge is 2.56. The molecule has 0 aromatic carbocycles. The average Bonchev–Trinajstić information content (AvgIpc) is 3.15. The molecule has 0 bridgehead atoms. The summed E-state index contributed by atoms with van der Waals surface area (Å²) in [4.78, 5) is 36.7. The van der Waals surface area contributed by atoms with Crippen molar-refractivity contribution in [2.45, 2.75) is 143 Å². The van der Waals surface area contributed by atoms with Crippen LogP contribution in [-0.4, -0.2) is 233 Å². The number of likely N-dealkylation sites (N-methyl/N-ethyl adjacent to an activating group) is 1. The smallest absolute Gasteiger partial charge is 0.394 e. The summed E-state index contributed by atoms with van der Waals surface area (Å²) in [5.41, 5.74) is 0. The summed E-state index contributed by atoms with van der Waals surface area (Å²) in [6, 6.07) is -6.08. The van der Waals surface area contributed by atoms with Crippen LogP contribution in [0.2, 0.25) is 0 Å². The quantitative estimate of drug-likeness (QED) is 0.0640. The predicted molar refractivity (Wildman–Crippen MR) is 186 cm³/mol. The van der Waals surface area contributed by atoms with Gasteiger partial charge in [0.05, 0.1) is 32.5 Å². The summed E-state index contributed by atoms with van der Waals surface area (Å²) >= 11 is 0. The van der Waals surface area contributed by atoms with E-state index in [0.29, 0.717) is 0 Å². The van der Waals surface area contributed by atoms with E-state index in [4.69, 9.17) is 37.7 Å². The van der Waals surface area contributed by atoms with Gasteiger partial charge in [0.25, 0.3) is 0 Å². The van der Waals surface area contributed by atoms with Gasteiger partial charge in [-0.25, -0.2) is 4.18 Å². The largest absolute Gasteiger partial charge is 0.397 e. The molecular formula is C31H54N4O23S. The third kappa shape index (κ3) is 12.0. The second kappa shape index (κ2) is 21.1. The molecule has 0 aromatic heterocycles. The molecule has 4 saturated heterocycles. The average molecular weight is 883 g/mol. The van der Waals surface area contributed by atoms with E-state index in [1.54, 1.807) is 0 Å². The summed E-state index contributed by atoms with van der Waals surface area (Å²) in [7, 11) is -3.73. The van der Waals surface area contributed by atoms with Gasteiger partial charge in [-0.05, 0) is 7.05 Å². The van der Waals surface area contributed by atoms with Gasteiger partial charge < -0.3 is 100 Å². The third-order valence-electron chi connectivity index (χ3n) is 9.98. The molecule has 4 aliphatic heterocycles. The van der Waals surface area contributed by atoms with Gasteiger partial charge in [0.1, 0.15) is 91.4 Å². The number of carbonyl (C=O) groups is 3. The Labute approximate surface area is 336 Å². The van der Waals surface area contributed by atoms with Crippen molar-refractivity contribution in [3.05, 3.63) is 0 Å². The zero-order valence-corrected chi connectivity index (χ0v) is 32.9. The van der Waals surface area contributed by atoms with E-state index in [1.165, 1.54) is 7.05 Å². The van der Waals surface area contributed by atoms with Gasteiger partial charge in [0, 0.05) is 20.8 Å². The molecule has 4 heterocycles. The van der Waals surface area contributed by atoms with Crippen LogP contribution in [0.3, 0.4) is 0 Å². The predicted octanol–water partition coefficient (Wildman–Crippen LogP) is -9.26. The minimum Gasteiger partial charge on any atom is -0.394 e. The molecule has 342 valence electrons. The van der Waals surface area contributed by atoms with E-state index in [9.17, 15) is 68.8 Å². The molecule has 4 fully saturated rings. The van der Waals surface area contributed by atoms with Gasteiger partial charge in [-0.2, -0.15) is 8.42 Å². The molecular weight excluding hydrogens is 828 g/mol. The number of rotatable bonds is 16. The van der Waals surface area contributed by atoms with Crippen LogP contribution in [0.5, 0.6) is 0 Å². The zero-order valence-electron chi connectivity index (χ0n) is 32.1. The fraction of sp³-hybridized carbons (Fsp3) is 0.903. The van der Waals surface area contributed by atoms with Gasteiger partial charge in [-0.15, -0.1) is 0 Å². The SMILES string of the molecule is CN[C@H]1[C@@H](O[C@H]2C(O)[C@@H](NC(C)=O)[C@H](O[C@H]3[C@H](O)[C@@H](NC(C)=O)[C@@H](O[C@H]4C(O)[C@@H](NC(C)=O)C(O)O[C@@H]4COS(=O)(=O)O)O[C@@H]3CO)O[C@@H]2CO)O[C@H](CO)[C@@H](O)[C@@H]1O. The van der Waals surface area contributed by atoms with Crippen LogP contribution in [-0.2, 0) is 62.1 Å². The van der Waals surface area contributed by atoms with Crippen molar-refractivity contribution in [3.63, 3.8) is 0 Å². The fourth-order valence-corrected chi connectivity index (χ4v) is 7.54. The Bertz CT molecular complexity index is 1520. The maximum Gasteiger partial charge on any atom is 0.397 e. The lowest BCUT2D eigenvalue weighted by molar-refractivity contribution is -0.361. The molecule has 0 radical (unpaired) electrons. The van der Waals surface area contributed by atoms with Gasteiger partial charge >= 0.3 is 10.4 Å². The lowest BCUT2D eigenvalue weighted by Crippen LogP contribution is -2.71. The van der Waals surface area contributed by atoms with E-state index in [1.807, 2.05) is 0 Å². The number of nitrogens with one attached hydrogen (secondary N) is 4. The van der Waals surface area contributed by atoms with E-state index in [0.717, 1.165) is 20.8 Å². The highest BCUT2D eigenvalue weighted by molar-refractivity contribution is 7.80. The van der Waals surface area contributed by atoms with Crippen LogP contribution < -0.4 is 21.3 Å². The van der Waals surface area contributed by atoms with Crippen LogP contribution in [0.15, 0.2) is 0 Å². The van der Waals surface area contributed by atoms with Crippen LogP contribution in [0.4, 0.5) is 0 Å². The second-order valence-electron chi connectivity index (χ2n) is 14.2. The number of hydrogen-bond acceptors (Lipinski definition) is 23. The minimum absolute atomic E-state index is 0.742. The summed E-state index contributed by atoms with van der Waals surface area (Å²) in [6.45, 7) is -0.569. The lowest BCUT2D eigenvalue weighted by atomic mass is 9.93. The Morgan fingerprint density at radius 2 is 0.915 bits per heavy atom. The number of ether oxygens (including phenoxy) is 7. The minimum atomic E-state index is -5.12. The first-order chi connectivity index (χ1) is 27.6. The van der Waals surface area contributed by atoms with Gasteiger partial charge in [0.15, 0.2) is 25.2 Å². The lowest BCUT2D eigenvalue weighted by Gasteiger charge is -2.51. The monoisotopic (exact) mass is 882 g/mol. The molecule has 20 atom stereocenters. The molecule has 3 amide bonds. The van der Waals surface area contributed by atoms with Crippen LogP contribution in [0.25, 0.3) is 0 Å². The van der Waals surface area contributed by atoms with Crippen molar-refractivity contribution in [1.29, 1.82) is 0 Å². The molecule has 0 spiro atoms. The first-order valence-corrected chi connectivity index (χ1v) is 19.6. The van der Waals surface area contributed by atoms with Crippen molar-refractivity contribution in [2.75, 3.05) is 33.5 Å². The molecule has 0 aromatic rings. The normalized spacial score (nSPS) is 43.1. The number of aliphatic hydroxyl groups excluding tert-OH is 9. The van der Waals surface area contributed by atoms with E-state index >= 15 is 0 Å². The number of aliphatic hydroxyl groups is 9. The Balaban J connectivity index is 1.62. The van der Waals surface area contributed by atoms with Crippen LogP contribution in [0.1, 0.15) is 20.8 Å². The van der Waals surface area contributed by atoms with Crippen LogP contribution >= 0.6 is 0 Å². The molecule has 28 heteroatoms. The Kier molecular flexibility index (Phi) is 17.6. The standard InChI is InChI=1S/C31H54N4O23S/c1-9(39)33-16-22(44)27(15(52-28(16)47)8-51-59(48,49)50)58-31-19(35-11(3)41)24(46)26(14(7-38)55-31)57-30-18(34-10(2)40)23(45)25(13(6-37)54-30)56-29-17(32-4)21(43)20(42)12(5-36)53-29/h12-32,36-38,42-47H,5-8H2,1-4H3,(H,33,39)(H,34,40)(H,35,41)(H,48,49,50)/t12-,13-,14-,15-,16-,17-,18-,19-,20-,21-,22?,23?,24-,25-,26-,27-,28?,29-,30+,31-/m1/s1. The zero-order chi connectivity index (χ0) is 44.1. The number of carbonyl (C=O) groups excluding carboxylic acids is 3. The molecule has 3 unspecified atom stereocenters. The maximum atomic E-state index is 12.4. The van der Waals surface area contributed by atoms with Crippen molar-refractivity contribution in [2.24, 2.45) is 0 Å². The second-order valence-corrected chi connectivity index (χ2v) is 15.3. The van der Waals surface area contributed by atoms with Gasteiger partial charge in [0.2, 0.25) is 17.7 Å². The number of hydrogen-bond donors (Lipinski definition) is 14. The molecule has 59 heavy (non-hydrogen) atoms. The van der Waals surface area contributed by atoms with E-state index < -0.39 is 177 Å². The molecule has 4 aliphatic rings. The molecule has 4 rings (SSSR count). The Morgan fingerprint density at radius 1 is 0.542 bits per heavy atom. The molecule has 0 aliphatic carbocycles. The highest BCUT2D eigenvalue weighted by atomic mass is 32.3. The van der Waals surface area contributed by atoms with E-state index in [-0.39, 0.29) is 0 Å². The summed E-state index contributed by atoms with van der Waals surface area (Å²) in [5, 5.41) is 106. The first-order valence-electron chi connectivity index (χ1n) is 18.3. The summed E-state index contributed by atoms with van der Waals surface area (Å²) < 4.78 is 76.8. The maximum absolute atomic E-state index is 12.4. The van der Waals surface area contributed by atoms with Crippen molar-refractivity contribution in [1.82, 2.24) is 21.3 Å². The highest BCUT2D eigenvalue weighted by Crippen LogP contribution is 2.34. The van der Waals surface area contributed by atoms with Crippen molar-refractivity contribution >= 4 is 28.1 Å². The van der Waals surface area contributed by atoms with E-state index in [2.05, 4.69) is 25.5 Å². The summed E-state index contributed by atoms with van der Waals surface area (Å²) in [6.07, 6.45) is -27.5. The number of amides is 3. The van der Waals surface area contributed by atoms with Gasteiger partial charge in [-0.1, -0.05) is 0 Å². The van der Waals surface area contributed by atoms with Crippen LogP contribution in [0, 0.1) is 0 Å². The third-order valence-corrected chi connectivity index (χ3v) is 10.4. The van der Waals surface area contributed by atoms with Crippen molar-refractivity contribution in [3.8, 4) is 0 Å². The molecule has 0 saturated carbocycles. The molecule has 14 N–H and O–H groups in total. The Morgan fingerprint density at radius 3 is 1.31 bits per heavy atom. The molecule has 27 nitrogen and oxygen atoms in total. The summed E-state index contributed by atoms with van der Waals surface area (Å²) in [5.74, 6) is -2.31. The van der Waals surface area contributed by atoms with Gasteiger partial charge in [-0.3, -0.25) is 18.9 Å². The Hall–Kier alpha value is -2.40. The topological polar surface area (TPSA) is 410 Å². The van der Waals surface area contributed by atoms with Crippen molar-refractivity contribution < 1.29 is 111 Å².